The Hall–Kier alpha value is -3.75. The molecule has 3 aromatic rings. The van der Waals surface area contributed by atoms with Gasteiger partial charge in [0.05, 0.1) is 30.4 Å². The smallest absolute Gasteiger partial charge is 0.374 e. The minimum absolute atomic E-state index is 0.00910. The number of carbonyl (C=O) groups excluding carboxylic acids is 1. The molecule has 2 aromatic carbocycles. The molecule has 43 heavy (non-hydrogen) atoms. The van der Waals surface area contributed by atoms with E-state index >= 15 is 0 Å². The summed E-state index contributed by atoms with van der Waals surface area (Å²) in [6, 6.07) is 12.6. The highest BCUT2D eigenvalue weighted by Crippen LogP contribution is 2.50. The summed E-state index contributed by atoms with van der Waals surface area (Å²) < 4.78 is 50.9. The molecule has 2 fully saturated rings. The third-order valence-corrected chi connectivity index (χ3v) is 9.17. The quantitative estimate of drug-likeness (QED) is 0.381. The molecule has 2 aliphatic heterocycles. The Morgan fingerprint density at radius 1 is 1.16 bits per heavy atom. The molecule has 2 atom stereocenters. The van der Waals surface area contributed by atoms with Crippen LogP contribution in [0.1, 0.15) is 71.5 Å². The second kappa shape index (κ2) is 11.1. The van der Waals surface area contributed by atoms with Crippen LogP contribution in [0.4, 0.5) is 18.9 Å². The van der Waals surface area contributed by atoms with Gasteiger partial charge in [-0.3, -0.25) is 9.69 Å². The number of nitriles is 1. The van der Waals surface area contributed by atoms with Gasteiger partial charge in [0.25, 0.3) is 5.91 Å². The number of fused-ring (bicyclic) bond motifs is 1. The zero-order chi connectivity index (χ0) is 30.5. The summed E-state index contributed by atoms with van der Waals surface area (Å²) in [5.41, 5.74) is 0.929. The number of aryl methyl sites for hydroxylation is 1. The monoisotopic (exact) mass is 592 g/mol. The van der Waals surface area contributed by atoms with Crippen LogP contribution in [0.25, 0.3) is 0 Å². The maximum atomic E-state index is 14.4. The van der Waals surface area contributed by atoms with Gasteiger partial charge < -0.3 is 14.2 Å². The number of aromatic nitrogens is 3. The maximum Gasteiger partial charge on any atom is 0.416 e. The molecule has 0 spiro atoms. The first-order valence-electron chi connectivity index (χ1n) is 14.7. The molecule has 11 heteroatoms. The average molecular weight is 593 g/mol. The Kier molecular flexibility index (Phi) is 7.55. The average Bonchev–Trinajstić information content (AvgIpc) is 3.44. The van der Waals surface area contributed by atoms with Gasteiger partial charge in [-0.1, -0.05) is 12.1 Å². The second-order valence-corrected chi connectivity index (χ2v) is 12.4. The molecule has 0 N–H and O–H groups in total. The number of hydrogen-bond donors (Lipinski definition) is 0. The van der Waals surface area contributed by atoms with Crippen molar-refractivity contribution in [3.8, 4) is 6.07 Å². The first-order chi connectivity index (χ1) is 20.5. The van der Waals surface area contributed by atoms with Crippen LogP contribution in [0.5, 0.6) is 0 Å². The number of anilines is 1. The molecule has 1 saturated carbocycles. The van der Waals surface area contributed by atoms with Gasteiger partial charge >= 0.3 is 6.18 Å². The molecule has 1 aliphatic carbocycles. The van der Waals surface area contributed by atoms with Crippen molar-refractivity contribution in [2.45, 2.75) is 76.4 Å². The van der Waals surface area contributed by atoms with Gasteiger partial charge in [-0.2, -0.15) is 18.4 Å². The van der Waals surface area contributed by atoms with Gasteiger partial charge in [-0.15, -0.1) is 10.2 Å². The molecule has 6 rings (SSSR count). The SMILES string of the molecule is CC1CCN(Cc2cc3c(c(C(F)(F)F)c2)CN(c2cccc(C4(Cc5nncn5C)CC(C#N)C4)c2)C3=O)CC(C)O1. The van der Waals surface area contributed by atoms with Crippen molar-refractivity contribution in [3.63, 3.8) is 0 Å². The zero-order valence-corrected chi connectivity index (χ0v) is 24.6. The molecule has 0 bridgehead atoms. The summed E-state index contributed by atoms with van der Waals surface area (Å²) in [5, 5.41) is 17.8. The fourth-order valence-electron chi connectivity index (χ4n) is 6.98. The molecule has 226 valence electrons. The highest BCUT2D eigenvalue weighted by Gasteiger charge is 2.47. The Labute approximate surface area is 249 Å². The van der Waals surface area contributed by atoms with E-state index in [0.29, 0.717) is 50.1 Å². The number of amides is 1. The van der Waals surface area contributed by atoms with Crippen LogP contribution in [0, 0.1) is 17.2 Å². The Morgan fingerprint density at radius 2 is 1.95 bits per heavy atom. The number of halogens is 3. The molecule has 0 radical (unpaired) electrons. The third-order valence-electron chi connectivity index (χ3n) is 9.17. The number of hydrogen-bond acceptors (Lipinski definition) is 6. The lowest BCUT2D eigenvalue weighted by Crippen LogP contribution is -2.43. The third kappa shape index (κ3) is 5.66. The van der Waals surface area contributed by atoms with Crippen molar-refractivity contribution in [3.05, 3.63) is 76.4 Å². The van der Waals surface area contributed by atoms with E-state index in [1.165, 1.54) is 11.0 Å². The van der Waals surface area contributed by atoms with Crippen LogP contribution in [0.3, 0.4) is 0 Å². The van der Waals surface area contributed by atoms with Gasteiger partial charge in [0, 0.05) is 55.7 Å². The molecular weight excluding hydrogens is 557 g/mol. The first kappa shape index (κ1) is 29.3. The predicted octanol–water partition coefficient (Wildman–Crippen LogP) is 5.41. The van der Waals surface area contributed by atoms with Crippen LogP contribution in [-0.4, -0.2) is 50.9 Å². The van der Waals surface area contributed by atoms with Crippen molar-refractivity contribution < 1.29 is 22.7 Å². The number of benzene rings is 2. The van der Waals surface area contributed by atoms with E-state index in [9.17, 15) is 23.2 Å². The van der Waals surface area contributed by atoms with E-state index in [4.69, 9.17) is 4.74 Å². The maximum absolute atomic E-state index is 14.4. The largest absolute Gasteiger partial charge is 0.416 e. The normalized spacial score (nSPS) is 26.1. The van der Waals surface area contributed by atoms with Crippen LogP contribution in [-0.2, 0) is 42.9 Å². The van der Waals surface area contributed by atoms with Crippen molar-refractivity contribution in [1.29, 1.82) is 5.26 Å². The fourth-order valence-corrected chi connectivity index (χ4v) is 6.98. The van der Waals surface area contributed by atoms with E-state index in [2.05, 4.69) is 21.2 Å². The molecule has 2 unspecified atom stereocenters. The molecule has 1 saturated heterocycles. The standard InChI is InChI=1S/C32H35F3N6O2/c1-20-7-8-40(16-21(2)43-20)17-22-9-26-27(28(10-22)32(33,34)35)18-41(30(26)42)25-6-4-5-24(11-25)31(12-23(13-31)15-36)14-29-38-37-19-39(29)3/h4-6,9-11,19-21,23H,7-8,12-14,16-18H2,1-3H3. The summed E-state index contributed by atoms with van der Waals surface area (Å²) in [6.45, 7) is 5.44. The highest BCUT2D eigenvalue weighted by atomic mass is 19.4. The molecule has 8 nitrogen and oxygen atoms in total. The molecule has 3 aliphatic rings. The van der Waals surface area contributed by atoms with Crippen LogP contribution >= 0.6 is 0 Å². The van der Waals surface area contributed by atoms with E-state index in [1.54, 1.807) is 18.5 Å². The number of rotatable bonds is 6. The van der Waals surface area contributed by atoms with Crippen LogP contribution in [0.2, 0.25) is 0 Å². The molecule has 3 heterocycles. The molecule has 1 amide bonds. The lowest BCUT2D eigenvalue weighted by molar-refractivity contribution is -0.138. The lowest BCUT2D eigenvalue weighted by Gasteiger charge is -2.45. The van der Waals surface area contributed by atoms with Gasteiger partial charge in [0.2, 0.25) is 0 Å². The highest BCUT2D eigenvalue weighted by molar-refractivity contribution is 6.10. The summed E-state index contributed by atoms with van der Waals surface area (Å²) in [6.07, 6.45) is -0.286. The first-order valence-corrected chi connectivity index (χ1v) is 14.7. The van der Waals surface area contributed by atoms with E-state index in [1.807, 2.05) is 43.7 Å². The van der Waals surface area contributed by atoms with Gasteiger partial charge in [0.15, 0.2) is 0 Å². The van der Waals surface area contributed by atoms with Gasteiger partial charge in [-0.25, -0.2) is 0 Å². The summed E-state index contributed by atoms with van der Waals surface area (Å²) in [5.74, 6) is 0.254. The Bertz CT molecular complexity index is 1570. The summed E-state index contributed by atoms with van der Waals surface area (Å²) in [7, 11) is 1.87. The van der Waals surface area contributed by atoms with E-state index in [-0.39, 0.29) is 41.2 Å². The van der Waals surface area contributed by atoms with Gasteiger partial charge in [-0.05, 0) is 74.1 Å². The molecule has 1 aromatic heterocycles. The van der Waals surface area contributed by atoms with Crippen molar-refractivity contribution in [2.24, 2.45) is 13.0 Å². The van der Waals surface area contributed by atoms with Gasteiger partial charge in [0.1, 0.15) is 12.2 Å². The van der Waals surface area contributed by atoms with Crippen molar-refractivity contribution in [2.75, 3.05) is 18.0 Å². The minimum Gasteiger partial charge on any atom is -0.374 e. The Morgan fingerprint density at radius 3 is 2.65 bits per heavy atom. The summed E-state index contributed by atoms with van der Waals surface area (Å²) in [4.78, 5) is 17.3. The van der Waals surface area contributed by atoms with E-state index < -0.39 is 17.6 Å². The second-order valence-electron chi connectivity index (χ2n) is 12.4. The van der Waals surface area contributed by atoms with E-state index in [0.717, 1.165) is 17.8 Å². The Balaban J connectivity index is 1.31. The topological polar surface area (TPSA) is 87.3 Å². The fraction of sp³-hybridized carbons (Fsp3) is 0.500. The number of alkyl halides is 3. The number of carbonyl (C=O) groups is 1. The predicted molar refractivity (Wildman–Crippen MR) is 153 cm³/mol. The van der Waals surface area contributed by atoms with Crippen LogP contribution < -0.4 is 4.90 Å². The minimum atomic E-state index is -4.60. The van der Waals surface area contributed by atoms with Crippen LogP contribution in [0.15, 0.2) is 42.7 Å². The lowest BCUT2D eigenvalue weighted by atomic mass is 9.57. The zero-order valence-electron chi connectivity index (χ0n) is 24.6. The van der Waals surface area contributed by atoms with Crippen molar-refractivity contribution >= 4 is 11.6 Å². The number of nitrogens with zero attached hydrogens (tertiary/aromatic N) is 6. The summed E-state index contributed by atoms with van der Waals surface area (Å²) >= 11 is 0. The molecular formula is C32H35F3N6O2. The number of ether oxygens (including phenoxy) is 1. The van der Waals surface area contributed by atoms with Crippen molar-refractivity contribution in [1.82, 2.24) is 19.7 Å².